The fourth-order valence-corrected chi connectivity index (χ4v) is 0. The van der Waals surface area contributed by atoms with Crippen molar-refractivity contribution < 1.29 is 5.11 Å². The van der Waals surface area contributed by atoms with Gasteiger partial charge in [-0.05, 0) is 0 Å². The molecule has 0 aliphatic heterocycles. The van der Waals surface area contributed by atoms with E-state index in [4.69, 9.17) is 0 Å². The smallest absolute Gasteiger partial charge is 0.0693 e. The normalized spacial score (nSPS) is 9.60. The van der Waals surface area contributed by atoms with Crippen LogP contribution in [-0.4, -0.2) is 15.0 Å². The third kappa shape index (κ3) is 4.18. The highest BCUT2D eigenvalue weighted by Crippen LogP contribution is 1.70. The fraction of sp³-hybridized carbons (Fsp3) is 1.00. The van der Waals surface area contributed by atoms with Gasteiger partial charge in [-0.25, -0.2) is 5.11 Å². The predicted octanol–water partition coefficient (Wildman–Crippen LogP) is 0.443. The Labute approximate surface area is 34.2 Å². The van der Waals surface area contributed by atoms with Crippen molar-refractivity contribution in [1.82, 2.24) is 0 Å². The van der Waals surface area contributed by atoms with Crippen molar-refractivity contribution >= 4 is 8.80 Å². The van der Waals surface area contributed by atoms with Crippen molar-refractivity contribution in [1.29, 1.82) is 0 Å². The predicted molar refractivity (Wildman–Crippen MR) is 24.4 cm³/mol. The van der Waals surface area contributed by atoms with Crippen LogP contribution in [0.4, 0.5) is 0 Å². The van der Waals surface area contributed by atoms with Gasteiger partial charge in [0.25, 0.3) is 0 Å². The zero-order chi connectivity index (χ0) is 4.28. The van der Waals surface area contributed by atoms with Gasteiger partial charge < -0.3 is 0 Å². The molecule has 0 aromatic carbocycles. The molecule has 0 aliphatic carbocycles. The van der Waals surface area contributed by atoms with Gasteiger partial charge in [0.05, 0.1) is 15.0 Å². The third-order valence-corrected chi connectivity index (χ3v) is 1.00. The summed E-state index contributed by atoms with van der Waals surface area (Å²) in [7, 11) is -0.705. The molecule has 0 atom stereocenters. The molecule has 0 N–H and O–H groups in total. The summed E-state index contributed by atoms with van der Waals surface area (Å²) in [4.78, 5) is 0. The van der Waals surface area contributed by atoms with Gasteiger partial charge in [0, 0.05) is 0 Å². The first kappa shape index (κ1) is 5.18. The molecule has 2 heteroatoms. The molecule has 0 bridgehead atoms. The van der Waals surface area contributed by atoms with E-state index in [2.05, 4.69) is 0 Å². The SMILES string of the molecule is C[SiH](C)C[O]. The van der Waals surface area contributed by atoms with Crippen LogP contribution in [-0.2, 0) is 5.11 Å². The van der Waals surface area contributed by atoms with Crippen molar-refractivity contribution in [3.8, 4) is 0 Å². The molecule has 0 spiro atoms. The average molecular weight is 89.2 g/mol. The molecule has 0 saturated carbocycles. The van der Waals surface area contributed by atoms with Crippen LogP contribution < -0.4 is 0 Å². The summed E-state index contributed by atoms with van der Waals surface area (Å²) in [6.07, 6.45) is 0.194. The molecule has 0 aromatic rings. The van der Waals surface area contributed by atoms with Crippen LogP contribution in [0.1, 0.15) is 0 Å². The number of hydrogen-bond donors (Lipinski definition) is 0. The molecule has 0 saturated heterocycles. The summed E-state index contributed by atoms with van der Waals surface area (Å²) in [6.45, 7) is 4.10. The van der Waals surface area contributed by atoms with E-state index < -0.39 is 8.80 Å². The van der Waals surface area contributed by atoms with Crippen molar-refractivity contribution in [3.63, 3.8) is 0 Å². The molecule has 0 fully saturated rings. The molecule has 0 rings (SSSR count). The zero-order valence-corrected chi connectivity index (χ0v) is 4.85. The van der Waals surface area contributed by atoms with E-state index in [1.807, 2.05) is 13.1 Å². The minimum atomic E-state index is -0.705. The highest BCUT2D eigenvalue weighted by molar-refractivity contribution is 6.55. The molecular formula is C3H9OSi. The first-order valence-corrected chi connectivity index (χ1v) is 4.98. The van der Waals surface area contributed by atoms with Gasteiger partial charge in [-0.3, -0.25) is 0 Å². The highest BCUT2D eigenvalue weighted by Gasteiger charge is 1.86. The second kappa shape index (κ2) is 2.42. The van der Waals surface area contributed by atoms with Crippen molar-refractivity contribution in [2.75, 3.05) is 6.23 Å². The maximum Gasteiger partial charge on any atom is 0.0693 e. The number of rotatable bonds is 1. The molecule has 0 amide bonds. The maximum absolute atomic E-state index is 9.69. The van der Waals surface area contributed by atoms with Gasteiger partial charge in [0.15, 0.2) is 0 Å². The lowest BCUT2D eigenvalue weighted by Crippen LogP contribution is -2.03. The van der Waals surface area contributed by atoms with E-state index in [9.17, 15) is 5.11 Å². The fourth-order valence-electron chi connectivity index (χ4n) is 0. The van der Waals surface area contributed by atoms with Gasteiger partial charge in [0.2, 0.25) is 0 Å². The van der Waals surface area contributed by atoms with Crippen LogP contribution in [0.2, 0.25) is 13.1 Å². The van der Waals surface area contributed by atoms with Crippen LogP contribution >= 0.6 is 0 Å². The van der Waals surface area contributed by atoms with Gasteiger partial charge >= 0.3 is 0 Å². The lowest BCUT2D eigenvalue weighted by Gasteiger charge is -1.84. The summed E-state index contributed by atoms with van der Waals surface area (Å²) >= 11 is 0. The third-order valence-electron chi connectivity index (χ3n) is 0.333. The largest absolute Gasteiger partial charge is 0.241 e. The van der Waals surface area contributed by atoms with Crippen LogP contribution in [0.3, 0.4) is 0 Å². The van der Waals surface area contributed by atoms with Crippen LogP contribution in [0, 0.1) is 0 Å². The molecule has 0 aromatic heterocycles. The van der Waals surface area contributed by atoms with Gasteiger partial charge in [-0.2, -0.15) is 0 Å². The Morgan fingerprint density at radius 3 is 1.80 bits per heavy atom. The molecule has 0 heterocycles. The second-order valence-electron chi connectivity index (χ2n) is 1.56. The van der Waals surface area contributed by atoms with E-state index in [1.54, 1.807) is 0 Å². The van der Waals surface area contributed by atoms with E-state index in [1.165, 1.54) is 0 Å². The maximum atomic E-state index is 9.69. The first-order chi connectivity index (χ1) is 2.27. The van der Waals surface area contributed by atoms with Gasteiger partial charge in [-0.1, -0.05) is 13.1 Å². The molecule has 1 nitrogen and oxygen atoms in total. The van der Waals surface area contributed by atoms with E-state index in [0.717, 1.165) is 0 Å². The topological polar surface area (TPSA) is 19.9 Å². The summed E-state index contributed by atoms with van der Waals surface area (Å²) in [5.74, 6) is 0. The Bertz CT molecular complexity index is 20.9. The van der Waals surface area contributed by atoms with E-state index in [-0.39, 0.29) is 6.23 Å². The highest BCUT2D eigenvalue weighted by atomic mass is 28.3. The minimum absolute atomic E-state index is 0.194. The van der Waals surface area contributed by atoms with Crippen LogP contribution in [0.25, 0.3) is 0 Å². The Kier molecular flexibility index (Phi) is 2.50. The number of hydrogen-bond acceptors (Lipinski definition) is 0. The summed E-state index contributed by atoms with van der Waals surface area (Å²) < 4.78 is 0. The summed E-state index contributed by atoms with van der Waals surface area (Å²) in [6, 6.07) is 0. The molecule has 0 unspecified atom stereocenters. The standard InChI is InChI=1S/C3H9OSi/c1-5(2)3-4/h5H,3H2,1-2H3. The molecule has 31 valence electrons. The molecule has 0 aliphatic rings. The Balaban J connectivity index is 2.54. The second-order valence-corrected chi connectivity index (χ2v) is 4.68. The van der Waals surface area contributed by atoms with Crippen LogP contribution in [0.15, 0.2) is 0 Å². The van der Waals surface area contributed by atoms with E-state index >= 15 is 0 Å². The molecule has 5 heavy (non-hydrogen) atoms. The lowest BCUT2D eigenvalue weighted by molar-refractivity contribution is 0.250. The Morgan fingerprint density at radius 1 is 1.60 bits per heavy atom. The lowest BCUT2D eigenvalue weighted by atomic mass is 11.7. The quantitative estimate of drug-likeness (QED) is 0.415. The monoisotopic (exact) mass is 89.0 g/mol. The Morgan fingerprint density at radius 2 is 1.80 bits per heavy atom. The zero-order valence-electron chi connectivity index (χ0n) is 3.69. The molecular weight excluding hydrogens is 80.1 g/mol. The minimum Gasteiger partial charge on any atom is -0.241 e. The van der Waals surface area contributed by atoms with Crippen molar-refractivity contribution in [3.05, 3.63) is 0 Å². The van der Waals surface area contributed by atoms with Crippen molar-refractivity contribution in [2.24, 2.45) is 0 Å². The summed E-state index contributed by atoms with van der Waals surface area (Å²) in [5, 5.41) is 9.69. The Hall–Kier alpha value is 0.177. The van der Waals surface area contributed by atoms with Gasteiger partial charge in [0.1, 0.15) is 0 Å². The van der Waals surface area contributed by atoms with Crippen molar-refractivity contribution in [2.45, 2.75) is 13.1 Å². The average Bonchev–Trinajstić information content (AvgIpc) is 1.38. The van der Waals surface area contributed by atoms with Crippen LogP contribution in [0.5, 0.6) is 0 Å². The van der Waals surface area contributed by atoms with E-state index in [0.29, 0.717) is 0 Å². The first-order valence-electron chi connectivity index (χ1n) is 1.85. The van der Waals surface area contributed by atoms with Gasteiger partial charge in [-0.15, -0.1) is 0 Å². The summed E-state index contributed by atoms with van der Waals surface area (Å²) in [5.41, 5.74) is 0. The molecule has 1 radical (unpaired) electrons.